The van der Waals surface area contributed by atoms with Crippen molar-refractivity contribution in [1.29, 1.82) is 0 Å². The SMILES string of the molecule is CCNC(=NCc1ccc(COCC(F)(F)F)cc1)NCC(O)c1ccc(F)cc1. The highest BCUT2D eigenvalue weighted by Crippen LogP contribution is 2.16. The Morgan fingerprint density at radius 1 is 1.03 bits per heavy atom. The quantitative estimate of drug-likeness (QED) is 0.324. The zero-order valence-electron chi connectivity index (χ0n) is 16.5. The van der Waals surface area contributed by atoms with Gasteiger partial charge < -0.3 is 20.5 Å². The van der Waals surface area contributed by atoms with Crippen molar-refractivity contribution in [3.05, 3.63) is 71.0 Å². The number of aliphatic hydroxyl groups excluding tert-OH is 1. The summed E-state index contributed by atoms with van der Waals surface area (Å²) in [5, 5.41) is 16.3. The number of alkyl halides is 3. The van der Waals surface area contributed by atoms with E-state index in [9.17, 15) is 22.7 Å². The van der Waals surface area contributed by atoms with Crippen molar-refractivity contribution in [3.8, 4) is 0 Å². The molecular weight excluding hydrogens is 402 g/mol. The monoisotopic (exact) mass is 427 g/mol. The molecule has 0 heterocycles. The van der Waals surface area contributed by atoms with Crippen molar-refractivity contribution < 1.29 is 27.4 Å². The Balaban J connectivity index is 1.86. The zero-order valence-corrected chi connectivity index (χ0v) is 16.5. The normalized spacial score (nSPS) is 13.2. The number of aliphatic hydroxyl groups is 1. The number of benzene rings is 2. The summed E-state index contributed by atoms with van der Waals surface area (Å²) in [6, 6.07) is 12.5. The molecule has 0 aliphatic carbocycles. The lowest BCUT2D eigenvalue weighted by Crippen LogP contribution is -2.39. The maximum absolute atomic E-state index is 13.0. The molecule has 0 saturated carbocycles. The number of nitrogens with zero attached hydrogens (tertiary/aromatic N) is 1. The number of nitrogens with one attached hydrogen (secondary N) is 2. The van der Waals surface area contributed by atoms with E-state index < -0.39 is 18.9 Å². The van der Waals surface area contributed by atoms with E-state index in [2.05, 4.69) is 20.4 Å². The molecule has 2 aromatic rings. The van der Waals surface area contributed by atoms with Crippen LogP contribution in [0.1, 0.15) is 29.7 Å². The molecule has 1 unspecified atom stereocenters. The lowest BCUT2D eigenvalue weighted by Gasteiger charge is -2.15. The van der Waals surface area contributed by atoms with Crippen LogP contribution in [-0.4, -0.2) is 36.9 Å². The number of rotatable bonds is 9. The smallest absolute Gasteiger partial charge is 0.387 e. The first-order chi connectivity index (χ1) is 14.3. The molecule has 0 amide bonds. The zero-order chi connectivity index (χ0) is 22.0. The van der Waals surface area contributed by atoms with Crippen LogP contribution in [0.5, 0.6) is 0 Å². The summed E-state index contributed by atoms with van der Waals surface area (Å²) < 4.78 is 53.9. The molecule has 5 nitrogen and oxygen atoms in total. The van der Waals surface area contributed by atoms with Crippen molar-refractivity contribution in [2.75, 3.05) is 19.7 Å². The Kier molecular flexibility index (Phi) is 9.07. The average molecular weight is 427 g/mol. The fourth-order valence-corrected chi connectivity index (χ4v) is 2.53. The van der Waals surface area contributed by atoms with E-state index in [1.54, 1.807) is 24.3 Å². The molecule has 0 aliphatic rings. The number of aliphatic imine (C=N–C) groups is 1. The Morgan fingerprint density at radius 3 is 2.27 bits per heavy atom. The van der Waals surface area contributed by atoms with Gasteiger partial charge in [-0.25, -0.2) is 9.38 Å². The first-order valence-corrected chi connectivity index (χ1v) is 9.45. The van der Waals surface area contributed by atoms with Gasteiger partial charge in [0.15, 0.2) is 5.96 Å². The molecule has 2 aromatic carbocycles. The van der Waals surface area contributed by atoms with Crippen molar-refractivity contribution in [1.82, 2.24) is 10.6 Å². The predicted octanol–water partition coefficient (Wildman–Crippen LogP) is 3.69. The molecule has 2 rings (SSSR count). The fraction of sp³-hybridized carbons (Fsp3) is 0.381. The molecule has 0 radical (unpaired) electrons. The molecule has 0 saturated heterocycles. The number of ether oxygens (including phenoxy) is 1. The largest absolute Gasteiger partial charge is 0.411 e. The van der Waals surface area contributed by atoms with Gasteiger partial charge in [0, 0.05) is 13.1 Å². The number of guanidine groups is 1. The van der Waals surface area contributed by atoms with E-state index in [-0.39, 0.29) is 19.0 Å². The molecule has 0 aliphatic heterocycles. The van der Waals surface area contributed by atoms with Gasteiger partial charge in [-0.05, 0) is 35.7 Å². The molecule has 30 heavy (non-hydrogen) atoms. The molecule has 9 heteroatoms. The molecule has 1 atom stereocenters. The second-order valence-electron chi connectivity index (χ2n) is 6.57. The van der Waals surface area contributed by atoms with Gasteiger partial charge in [-0.2, -0.15) is 13.2 Å². The Hall–Kier alpha value is -2.65. The summed E-state index contributed by atoms with van der Waals surface area (Å²) in [7, 11) is 0. The van der Waals surface area contributed by atoms with Gasteiger partial charge in [-0.15, -0.1) is 0 Å². The minimum Gasteiger partial charge on any atom is -0.387 e. The van der Waals surface area contributed by atoms with Crippen LogP contribution in [0.25, 0.3) is 0 Å². The first-order valence-electron chi connectivity index (χ1n) is 9.45. The maximum Gasteiger partial charge on any atom is 0.411 e. The summed E-state index contributed by atoms with van der Waals surface area (Å²) in [5.74, 6) is 0.128. The molecule has 0 fully saturated rings. The van der Waals surface area contributed by atoms with Gasteiger partial charge in [-0.1, -0.05) is 36.4 Å². The summed E-state index contributed by atoms with van der Waals surface area (Å²) >= 11 is 0. The van der Waals surface area contributed by atoms with Crippen LogP contribution < -0.4 is 10.6 Å². The first kappa shape index (κ1) is 23.6. The Labute approximate surface area is 172 Å². The second-order valence-corrected chi connectivity index (χ2v) is 6.57. The highest BCUT2D eigenvalue weighted by atomic mass is 19.4. The van der Waals surface area contributed by atoms with Gasteiger partial charge >= 0.3 is 6.18 Å². The van der Waals surface area contributed by atoms with E-state index >= 15 is 0 Å². The molecule has 3 N–H and O–H groups in total. The second kappa shape index (κ2) is 11.5. The van der Waals surface area contributed by atoms with Crippen molar-refractivity contribution in [3.63, 3.8) is 0 Å². The van der Waals surface area contributed by atoms with Crippen molar-refractivity contribution in [2.45, 2.75) is 32.4 Å². The topological polar surface area (TPSA) is 65.9 Å². The van der Waals surface area contributed by atoms with Crippen LogP contribution >= 0.6 is 0 Å². The highest BCUT2D eigenvalue weighted by Gasteiger charge is 2.27. The van der Waals surface area contributed by atoms with Crippen LogP contribution in [0.3, 0.4) is 0 Å². The van der Waals surface area contributed by atoms with Crippen LogP contribution in [0.4, 0.5) is 17.6 Å². The minimum atomic E-state index is -4.34. The third-order valence-electron chi connectivity index (χ3n) is 4.04. The summed E-state index contributed by atoms with van der Waals surface area (Å²) in [4.78, 5) is 4.43. The third-order valence-corrected chi connectivity index (χ3v) is 4.04. The standard InChI is InChI=1S/C21H25F4N3O2/c1-2-26-20(28-12-19(29)17-7-9-18(22)10-8-17)27-11-15-3-5-16(6-4-15)13-30-14-21(23,24)25/h3-10,19,29H,2,11-14H2,1H3,(H2,26,27,28). The third kappa shape index (κ3) is 8.79. The molecule has 0 bridgehead atoms. The van der Waals surface area contributed by atoms with Crippen LogP contribution in [0.2, 0.25) is 0 Å². The van der Waals surface area contributed by atoms with Gasteiger partial charge in [0.2, 0.25) is 0 Å². The summed E-state index contributed by atoms with van der Waals surface area (Å²) in [6.45, 7) is 1.66. The number of halogens is 4. The van der Waals surface area contributed by atoms with Crippen molar-refractivity contribution in [2.24, 2.45) is 4.99 Å². The Morgan fingerprint density at radius 2 is 1.67 bits per heavy atom. The summed E-state index contributed by atoms with van der Waals surface area (Å²) in [6.07, 6.45) is -5.17. The predicted molar refractivity (Wildman–Crippen MR) is 106 cm³/mol. The lowest BCUT2D eigenvalue weighted by molar-refractivity contribution is -0.176. The van der Waals surface area contributed by atoms with Gasteiger partial charge in [0.05, 0.1) is 19.3 Å². The van der Waals surface area contributed by atoms with E-state index in [0.717, 1.165) is 5.56 Å². The summed E-state index contributed by atoms with van der Waals surface area (Å²) in [5.41, 5.74) is 2.09. The lowest BCUT2D eigenvalue weighted by atomic mass is 10.1. The van der Waals surface area contributed by atoms with E-state index in [1.165, 1.54) is 24.3 Å². The molecule has 0 aromatic heterocycles. The van der Waals surface area contributed by atoms with Crippen LogP contribution in [0.15, 0.2) is 53.5 Å². The van der Waals surface area contributed by atoms with Crippen LogP contribution in [0, 0.1) is 5.82 Å². The molecular formula is C21H25F4N3O2. The molecule has 0 spiro atoms. The van der Waals surface area contributed by atoms with Gasteiger partial charge in [-0.3, -0.25) is 0 Å². The van der Waals surface area contributed by atoms with E-state index in [0.29, 0.717) is 30.2 Å². The highest BCUT2D eigenvalue weighted by molar-refractivity contribution is 5.79. The fourth-order valence-electron chi connectivity index (χ4n) is 2.53. The van der Waals surface area contributed by atoms with Gasteiger partial charge in [0.25, 0.3) is 0 Å². The number of hydrogen-bond donors (Lipinski definition) is 3. The van der Waals surface area contributed by atoms with Crippen LogP contribution in [-0.2, 0) is 17.9 Å². The van der Waals surface area contributed by atoms with E-state index in [1.807, 2.05) is 6.92 Å². The van der Waals surface area contributed by atoms with Gasteiger partial charge in [0.1, 0.15) is 12.4 Å². The number of hydrogen-bond acceptors (Lipinski definition) is 3. The minimum absolute atomic E-state index is 0.117. The van der Waals surface area contributed by atoms with Crippen molar-refractivity contribution >= 4 is 5.96 Å². The maximum atomic E-state index is 13.0. The Bertz CT molecular complexity index is 793. The molecule has 164 valence electrons. The van der Waals surface area contributed by atoms with E-state index in [4.69, 9.17) is 0 Å². The average Bonchev–Trinajstić information content (AvgIpc) is 2.70.